The summed E-state index contributed by atoms with van der Waals surface area (Å²) in [6.45, 7) is 4.18. The summed E-state index contributed by atoms with van der Waals surface area (Å²) in [5.74, 6) is -0.317. The highest BCUT2D eigenvalue weighted by Gasteiger charge is 2.20. The summed E-state index contributed by atoms with van der Waals surface area (Å²) in [5.41, 5.74) is 0. The first-order chi connectivity index (χ1) is 22.5. The van der Waals surface area contributed by atoms with Crippen LogP contribution < -0.4 is 5.32 Å². The molecule has 0 aliphatic carbocycles. The molecule has 274 valence electrons. The summed E-state index contributed by atoms with van der Waals surface area (Å²) < 4.78 is 0. The van der Waals surface area contributed by atoms with Crippen molar-refractivity contribution in [3.8, 4) is 0 Å². The van der Waals surface area contributed by atoms with Crippen LogP contribution in [0.2, 0.25) is 0 Å². The molecular weight excluding hydrogens is 570 g/mol. The zero-order valence-corrected chi connectivity index (χ0v) is 31.0. The molecule has 0 aromatic heterocycles. The number of hydrogen-bond acceptors (Lipinski definition) is 4. The highest BCUT2D eigenvalue weighted by molar-refractivity contribution is 5.76. The zero-order chi connectivity index (χ0) is 33.8. The van der Waals surface area contributed by atoms with Crippen molar-refractivity contribution >= 4 is 5.91 Å². The van der Waals surface area contributed by atoms with E-state index in [0.29, 0.717) is 6.42 Å². The van der Waals surface area contributed by atoms with Gasteiger partial charge in [-0.25, -0.2) is 0 Å². The first kappa shape index (κ1) is 45.1. The second kappa shape index (κ2) is 36.9. The van der Waals surface area contributed by atoms with Crippen molar-refractivity contribution in [2.75, 3.05) is 6.61 Å². The van der Waals surface area contributed by atoms with Gasteiger partial charge in [-0.1, -0.05) is 206 Å². The number of carbonyl (C=O) groups excluding carboxylic acids is 1. The lowest BCUT2D eigenvalue weighted by Gasteiger charge is -2.21. The number of unbranched alkanes of at least 4 members (excludes halogenated alkanes) is 28. The quantitative estimate of drug-likeness (QED) is 0.0397. The Morgan fingerprint density at radius 3 is 1.26 bits per heavy atom. The topological polar surface area (TPSA) is 89.8 Å². The van der Waals surface area contributed by atoms with Crippen molar-refractivity contribution in [1.29, 1.82) is 0 Å². The number of carbonyl (C=O) groups is 1. The van der Waals surface area contributed by atoms with E-state index in [2.05, 4.69) is 19.2 Å². The lowest BCUT2D eigenvalue weighted by Crippen LogP contribution is -2.45. The van der Waals surface area contributed by atoms with Crippen LogP contribution in [0, 0.1) is 0 Å². The molecule has 5 nitrogen and oxygen atoms in total. The molecule has 4 N–H and O–H groups in total. The Kier molecular flexibility index (Phi) is 36.2. The van der Waals surface area contributed by atoms with Gasteiger partial charge in [0.2, 0.25) is 5.91 Å². The number of rotatable bonds is 37. The van der Waals surface area contributed by atoms with Gasteiger partial charge in [-0.15, -0.1) is 0 Å². The Hall–Kier alpha value is -0.910. The molecule has 5 heteroatoms. The van der Waals surface area contributed by atoms with Crippen LogP contribution in [0.3, 0.4) is 0 Å². The molecule has 46 heavy (non-hydrogen) atoms. The number of amides is 1. The van der Waals surface area contributed by atoms with E-state index in [4.69, 9.17) is 0 Å². The van der Waals surface area contributed by atoms with Gasteiger partial charge in [0.15, 0.2) is 0 Å². The van der Waals surface area contributed by atoms with Crippen LogP contribution in [0.4, 0.5) is 0 Å². The fourth-order valence-electron chi connectivity index (χ4n) is 6.40. The zero-order valence-electron chi connectivity index (χ0n) is 31.0. The minimum absolute atomic E-state index is 0.0167. The van der Waals surface area contributed by atoms with Crippen molar-refractivity contribution in [3.05, 3.63) is 12.2 Å². The number of hydrogen-bond donors (Lipinski definition) is 4. The molecule has 0 aromatic carbocycles. The van der Waals surface area contributed by atoms with E-state index in [1.54, 1.807) is 6.08 Å². The van der Waals surface area contributed by atoms with Crippen LogP contribution in [-0.4, -0.2) is 46.1 Å². The Morgan fingerprint density at radius 1 is 0.543 bits per heavy atom. The molecule has 0 saturated carbocycles. The van der Waals surface area contributed by atoms with E-state index >= 15 is 0 Å². The van der Waals surface area contributed by atoms with Crippen LogP contribution in [0.1, 0.15) is 219 Å². The van der Waals surface area contributed by atoms with E-state index < -0.39 is 18.2 Å². The van der Waals surface area contributed by atoms with Gasteiger partial charge < -0.3 is 20.6 Å². The van der Waals surface area contributed by atoms with E-state index in [-0.39, 0.29) is 18.9 Å². The maximum absolute atomic E-state index is 12.3. The highest BCUT2D eigenvalue weighted by Crippen LogP contribution is 2.16. The molecule has 0 saturated heterocycles. The van der Waals surface area contributed by atoms with Crippen molar-refractivity contribution in [1.82, 2.24) is 5.32 Å². The number of aliphatic hydroxyl groups excluding tert-OH is 3. The van der Waals surface area contributed by atoms with Crippen LogP contribution in [0.25, 0.3) is 0 Å². The molecule has 0 heterocycles. The molecule has 1 amide bonds. The Bertz CT molecular complexity index is 640. The van der Waals surface area contributed by atoms with Gasteiger partial charge in [-0.3, -0.25) is 4.79 Å². The predicted octanol–water partition coefficient (Wildman–Crippen LogP) is 11.3. The molecule has 0 fully saturated rings. The van der Waals surface area contributed by atoms with E-state index in [9.17, 15) is 20.1 Å². The summed E-state index contributed by atoms with van der Waals surface area (Å²) in [6, 6.07) is -0.737. The fourth-order valence-corrected chi connectivity index (χ4v) is 6.40. The second-order valence-electron chi connectivity index (χ2n) is 14.3. The van der Waals surface area contributed by atoms with E-state index in [1.165, 1.54) is 167 Å². The lowest BCUT2D eigenvalue weighted by molar-refractivity contribution is -0.124. The van der Waals surface area contributed by atoms with Crippen molar-refractivity contribution in [2.24, 2.45) is 0 Å². The van der Waals surface area contributed by atoms with Gasteiger partial charge in [-0.2, -0.15) is 0 Å². The smallest absolute Gasteiger partial charge is 0.222 e. The summed E-state index contributed by atoms with van der Waals surface area (Å²) >= 11 is 0. The van der Waals surface area contributed by atoms with Gasteiger partial charge in [0.1, 0.15) is 0 Å². The minimum atomic E-state index is -0.922. The van der Waals surface area contributed by atoms with Crippen LogP contribution in [0.5, 0.6) is 0 Å². The van der Waals surface area contributed by atoms with E-state index in [1.807, 2.05) is 6.08 Å². The third-order valence-corrected chi connectivity index (χ3v) is 9.57. The van der Waals surface area contributed by atoms with Crippen molar-refractivity contribution < 1.29 is 20.1 Å². The summed E-state index contributed by atoms with van der Waals surface area (Å²) in [7, 11) is 0. The average Bonchev–Trinajstić information content (AvgIpc) is 3.05. The summed E-state index contributed by atoms with van der Waals surface area (Å²) in [6.07, 6.45) is 42.2. The van der Waals surface area contributed by atoms with Crippen molar-refractivity contribution in [2.45, 2.75) is 238 Å². The Labute approximate surface area is 287 Å². The van der Waals surface area contributed by atoms with Gasteiger partial charge in [0.25, 0.3) is 0 Å². The molecule has 0 rings (SSSR count). The maximum Gasteiger partial charge on any atom is 0.222 e. The van der Waals surface area contributed by atoms with Gasteiger partial charge >= 0.3 is 0 Å². The average molecular weight is 652 g/mol. The Morgan fingerprint density at radius 2 is 0.891 bits per heavy atom. The monoisotopic (exact) mass is 652 g/mol. The minimum Gasteiger partial charge on any atom is -0.394 e. The third-order valence-electron chi connectivity index (χ3n) is 9.57. The molecule has 0 spiro atoms. The normalized spacial score (nSPS) is 13.8. The molecule has 3 unspecified atom stereocenters. The van der Waals surface area contributed by atoms with Gasteiger partial charge in [-0.05, 0) is 19.3 Å². The molecule has 3 atom stereocenters. The van der Waals surface area contributed by atoms with Crippen LogP contribution in [0.15, 0.2) is 12.2 Å². The second-order valence-corrected chi connectivity index (χ2v) is 14.3. The molecule has 0 aliphatic heterocycles. The van der Waals surface area contributed by atoms with Gasteiger partial charge in [0.05, 0.1) is 31.3 Å². The first-order valence-corrected chi connectivity index (χ1v) is 20.5. The highest BCUT2D eigenvalue weighted by atomic mass is 16.3. The fraction of sp³-hybridized carbons (Fsp3) is 0.927. The number of nitrogens with one attached hydrogen (secondary N) is 1. The molecule has 0 bridgehead atoms. The summed E-state index contributed by atoms with van der Waals surface area (Å²) in [4.78, 5) is 12.3. The summed E-state index contributed by atoms with van der Waals surface area (Å²) in [5, 5.41) is 33.0. The maximum atomic E-state index is 12.3. The number of aliphatic hydroxyl groups is 3. The predicted molar refractivity (Wildman–Crippen MR) is 199 cm³/mol. The molecule has 0 aliphatic rings. The van der Waals surface area contributed by atoms with Crippen molar-refractivity contribution in [3.63, 3.8) is 0 Å². The van der Waals surface area contributed by atoms with Crippen LogP contribution >= 0.6 is 0 Å². The van der Waals surface area contributed by atoms with Gasteiger partial charge in [0, 0.05) is 0 Å². The molecular formula is C41H81NO4. The van der Waals surface area contributed by atoms with E-state index in [0.717, 1.165) is 25.7 Å². The SMILES string of the molecule is CCCCCCCCCCCCCCCCCCCCCCC/C=C/C(O)C(CO)NC(=O)CC(O)CCCCCCCCCC. The lowest BCUT2D eigenvalue weighted by atomic mass is 10.0. The largest absolute Gasteiger partial charge is 0.394 e. The molecule has 0 radical (unpaired) electrons. The van der Waals surface area contributed by atoms with Crippen LogP contribution in [-0.2, 0) is 4.79 Å². The number of allylic oxidation sites excluding steroid dienone is 1. The third kappa shape index (κ3) is 33.0. The molecule has 0 aromatic rings. The first-order valence-electron chi connectivity index (χ1n) is 20.5. The Balaban J connectivity index is 3.59. The standard InChI is InChI=1S/C41H81NO4/c1-3-5-7-9-11-13-14-15-16-17-18-19-20-21-22-23-24-25-26-27-29-31-33-35-40(45)39(37-43)42-41(46)36-38(44)34-32-30-28-12-10-8-6-4-2/h33,35,38-40,43-45H,3-32,34,36-37H2,1-2H3,(H,42,46)/b35-33+.